The third kappa shape index (κ3) is 3.21. The third-order valence-electron chi connectivity index (χ3n) is 2.76. The normalized spacial score (nSPS) is 20.5. The summed E-state index contributed by atoms with van der Waals surface area (Å²) in [7, 11) is 0. The minimum atomic E-state index is 0.643. The van der Waals surface area contributed by atoms with Crippen LogP contribution >= 0.6 is 15.9 Å². The van der Waals surface area contributed by atoms with E-state index in [-0.39, 0.29) is 0 Å². The average Bonchev–Trinajstić information content (AvgIpc) is 2.65. The van der Waals surface area contributed by atoms with E-state index in [4.69, 9.17) is 0 Å². The third-order valence-corrected chi connectivity index (χ3v) is 3.21. The van der Waals surface area contributed by atoms with E-state index in [1.165, 1.54) is 30.6 Å². The zero-order valence-corrected chi connectivity index (χ0v) is 10.6. The van der Waals surface area contributed by atoms with E-state index >= 15 is 0 Å². The maximum Gasteiger partial charge on any atom is 0.0354 e. The van der Waals surface area contributed by atoms with Gasteiger partial charge in [0.15, 0.2) is 0 Å². The fourth-order valence-electron chi connectivity index (χ4n) is 2.01. The van der Waals surface area contributed by atoms with E-state index in [0.717, 1.165) is 11.0 Å². The molecule has 1 aromatic carbocycles. The fraction of sp³-hybridized carbons (Fsp3) is 0.500. The van der Waals surface area contributed by atoms with Crippen LogP contribution in [-0.2, 0) is 0 Å². The van der Waals surface area contributed by atoms with Crippen molar-refractivity contribution in [3.05, 3.63) is 28.2 Å². The summed E-state index contributed by atoms with van der Waals surface area (Å²) in [4.78, 5) is 0. The summed E-state index contributed by atoms with van der Waals surface area (Å²) in [5, 5.41) is 6.96. The molecule has 2 nitrogen and oxygen atoms in total. The standard InChI is InChI=1S/C12H17BrN2/c1-9-5-10(13)7-12(6-9)15-8-11-3-2-4-14-11/h5-7,11,14-15H,2-4,8H2,1H3. The van der Waals surface area contributed by atoms with Crippen LogP contribution in [0.15, 0.2) is 22.7 Å². The molecule has 82 valence electrons. The van der Waals surface area contributed by atoms with Crippen molar-refractivity contribution < 1.29 is 0 Å². The van der Waals surface area contributed by atoms with Crippen molar-refractivity contribution in [1.29, 1.82) is 0 Å². The Morgan fingerprint density at radius 1 is 1.47 bits per heavy atom. The zero-order valence-electron chi connectivity index (χ0n) is 9.02. The number of aryl methyl sites for hydroxylation is 1. The maximum absolute atomic E-state index is 3.51. The first-order valence-electron chi connectivity index (χ1n) is 5.48. The van der Waals surface area contributed by atoms with Gasteiger partial charge in [-0.1, -0.05) is 15.9 Å². The van der Waals surface area contributed by atoms with Crippen molar-refractivity contribution in [2.45, 2.75) is 25.8 Å². The van der Waals surface area contributed by atoms with E-state index in [9.17, 15) is 0 Å². The van der Waals surface area contributed by atoms with Crippen LogP contribution in [0, 0.1) is 6.92 Å². The maximum atomic E-state index is 3.51. The number of hydrogen-bond acceptors (Lipinski definition) is 2. The Balaban J connectivity index is 1.92. The van der Waals surface area contributed by atoms with Gasteiger partial charge in [0.05, 0.1) is 0 Å². The van der Waals surface area contributed by atoms with Gasteiger partial charge in [-0.2, -0.15) is 0 Å². The molecule has 0 aliphatic carbocycles. The van der Waals surface area contributed by atoms with Crippen molar-refractivity contribution in [2.75, 3.05) is 18.4 Å². The first-order chi connectivity index (χ1) is 7.24. The lowest BCUT2D eigenvalue weighted by molar-refractivity contribution is 0.633. The van der Waals surface area contributed by atoms with E-state index in [1.807, 2.05) is 0 Å². The Hall–Kier alpha value is -0.540. The molecule has 1 unspecified atom stereocenters. The predicted octanol–water partition coefficient (Wildman–Crippen LogP) is 2.92. The lowest BCUT2D eigenvalue weighted by Gasteiger charge is -2.13. The van der Waals surface area contributed by atoms with Crippen molar-refractivity contribution in [3.63, 3.8) is 0 Å². The lowest BCUT2D eigenvalue weighted by atomic mass is 10.2. The highest BCUT2D eigenvalue weighted by Gasteiger charge is 2.13. The van der Waals surface area contributed by atoms with E-state index in [0.29, 0.717) is 6.04 Å². The summed E-state index contributed by atoms with van der Waals surface area (Å²) >= 11 is 3.51. The van der Waals surface area contributed by atoms with Gasteiger partial charge in [0.25, 0.3) is 0 Å². The highest BCUT2D eigenvalue weighted by molar-refractivity contribution is 9.10. The van der Waals surface area contributed by atoms with Gasteiger partial charge in [-0.3, -0.25) is 0 Å². The van der Waals surface area contributed by atoms with Crippen LogP contribution in [0.2, 0.25) is 0 Å². The molecule has 1 heterocycles. The molecule has 15 heavy (non-hydrogen) atoms. The summed E-state index contributed by atoms with van der Waals surface area (Å²) in [5.74, 6) is 0. The van der Waals surface area contributed by atoms with Gasteiger partial charge in [0.1, 0.15) is 0 Å². The molecule has 0 radical (unpaired) electrons. The second-order valence-electron chi connectivity index (χ2n) is 4.19. The highest BCUT2D eigenvalue weighted by atomic mass is 79.9. The smallest absolute Gasteiger partial charge is 0.0354 e. The van der Waals surface area contributed by atoms with Gasteiger partial charge in [-0.25, -0.2) is 0 Å². The number of halogens is 1. The Labute approximate surface area is 99.6 Å². The van der Waals surface area contributed by atoms with Gasteiger partial charge >= 0.3 is 0 Å². The quantitative estimate of drug-likeness (QED) is 0.881. The monoisotopic (exact) mass is 268 g/mol. The van der Waals surface area contributed by atoms with Crippen LogP contribution in [0.5, 0.6) is 0 Å². The van der Waals surface area contributed by atoms with Crippen molar-refractivity contribution in [2.24, 2.45) is 0 Å². The molecule has 1 aliphatic heterocycles. The Morgan fingerprint density at radius 3 is 3.00 bits per heavy atom. The SMILES string of the molecule is Cc1cc(Br)cc(NCC2CCCN2)c1. The van der Waals surface area contributed by atoms with Gasteiger partial charge in [0.2, 0.25) is 0 Å². The molecule has 1 atom stereocenters. The topological polar surface area (TPSA) is 24.1 Å². The van der Waals surface area contributed by atoms with Crippen LogP contribution in [0.1, 0.15) is 18.4 Å². The average molecular weight is 269 g/mol. The molecule has 1 fully saturated rings. The molecule has 3 heteroatoms. The van der Waals surface area contributed by atoms with E-state index < -0.39 is 0 Å². The van der Waals surface area contributed by atoms with E-state index in [2.05, 4.69) is 51.7 Å². The van der Waals surface area contributed by atoms with Gasteiger partial charge in [-0.15, -0.1) is 0 Å². The second kappa shape index (κ2) is 4.99. The Kier molecular flexibility index (Phi) is 3.65. The lowest BCUT2D eigenvalue weighted by Crippen LogP contribution is -2.29. The summed E-state index contributed by atoms with van der Waals surface area (Å²) in [5.41, 5.74) is 2.49. The number of anilines is 1. The van der Waals surface area contributed by atoms with Crippen molar-refractivity contribution in [1.82, 2.24) is 5.32 Å². The molecule has 1 aliphatic rings. The molecular weight excluding hydrogens is 252 g/mol. The van der Waals surface area contributed by atoms with Gasteiger partial charge in [0, 0.05) is 22.7 Å². The Bertz CT molecular complexity index is 312. The second-order valence-corrected chi connectivity index (χ2v) is 5.11. The predicted molar refractivity (Wildman–Crippen MR) is 68.4 cm³/mol. The van der Waals surface area contributed by atoms with Gasteiger partial charge < -0.3 is 10.6 Å². The highest BCUT2D eigenvalue weighted by Crippen LogP contribution is 2.19. The zero-order chi connectivity index (χ0) is 10.7. The molecule has 0 bridgehead atoms. The minimum Gasteiger partial charge on any atom is -0.383 e. The van der Waals surface area contributed by atoms with Crippen LogP contribution in [-0.4, -0.2) is 19.1 Å². The molecule has 0 aromatic heterocycles. The number of benzene rings is 1. The largest absolute Gasteiger partial charge is 0.383 e. The van der Waals surface area contributed by atoms with Crippen molar-refractivity contribution >= 4 is 21.6 Å². The number of rotatable bonds is 3. The molecule has 1 saturated heterocycles. The van der Waals surface area contributed by atoms with Crippen LogP contribution in [0.3, 0.4) is 0 Å². The first-order valence-corrected chi connectivity index (χ1v) is 6.28. The fourth-order valence-corrected chi connectivity index (χ4v) is 2.62. The minimum absolute atomic E-state index is 0.643. The Morgan fingerprint density at radius 2 is 2.33 bits per heavy atom. The molecule has 1 aromatic rings. The molecule has 2 N–H and O–H groups in total. The first kappa shape index (κ1) is 11.0. The molecule has 2 rings (SSSR count). The van der Waals surface area contributed by atoms with E-state index in [1.54, 1.807) is 0 Å². The number of nitrogens with one attached hydrogen (secondary N) is 2. The molecule has 0 amide bonds. The van der Waals surface area contributed by atoms with Crippen LogP contribution in [0.25, 0.3) is 0 Å². The number of hydrogen-bond donors (Lipinski definition) is 2. The summed E-state index contributed by atoms with van der Waals surface area (Å²) in [6.45, 7) is 4.31. The summed E-state index contributed by atoms with van der Waals surface area (Å²) in [6.07, 6.45) is 2.60. The van der Waals surface area contributed by atoms with Crippen LogP contribution < -0.4 is 10.6 Å². The molecule has 0 saturated carbocycles. The van der Waals surface area contributed by atoms with Crippen molar-refractivity contribution in [3.8, 4) is 0 Å². The molecule has 0 spiro atoms. The van der Waals surface area contributed by atoms with Gasteiger partial charge in [-0.05, 0) is 50.1 Å². The molecular formula is C12H17BrN2. The summed E-state index contributed by atoms with van der Waals surface area (Å²) in [6, 6.07) is 7.07. The van der Waals surface area contributed by atoms with Crippen LogP contribution in [0.4, 0.5) is 5.69 Å². The summed E-state index contributed by atoms with van der Waals surface area (Å²) < 4.78 is 1.14.